The molecule has 10 heteroatoms. The lowest BCUT2D eigenvalue weighted by atomic mass is 10.0. The molecule has 0 bridgehead atoms. The van der Waals surface area contributed by atoms with E-state index in [0.29, 0.717) is 41.5 Å². The van der Waals surface area contributed by atoms with Crippen LogP contribution in [0.5, 0.6) is 0 Å². The summed E-state index contributed by atoms with van der Waals surface area (Å²) in [4.78, 5) is 43.0. The molecule has 0 saturated heterocycles. The molecule has 0 spiro atoms. The number of aromatic amines is 1. The van der Waals surface area contributed by atoms with Gasteiger partial charge in [0, 0.05) is 6.54 Å². The number of anilines is 1. The number of hydrazine groups is 1. The Labute approximate surface area is 190 Å². The summed E-state index contributed by atoms with van der Waals surface area (Å²) in [5.41, 5.74) is 8.99. The first-order valence-electron chi connectivity index (χ1n) is 10.8. The van der Waals surface area contributed by atoms with Gasteiger partial charge >= 0.3 is 6.09 Å². The van der Waals surface area contributed by atoms with Crippen molar-refractivity contribution in [2.24, 2.45) is 5.73 Å². The van der Waals surface area contributed by atoms with E-state index in [1.165, 1.54) is 11.3 Å². The summed E-state index contributed by atoms with van der Waals surface area (Å²) in [5.74, 6) is -0.226. The van der Waals surface area contributed by atoms with Crippen LogP contribution >= 0.6 is 0 Å². The fraction of sp³-hybridized carbons (Fsp3) is 0.304. The second-order valence-electron chi connectivity index (χ2n) is 7.90. The van der Waals surface area contributed by atoms with Crippen molar-refractivity contribution in [3.63, 3.8) is 0 Å². The van der Waals surface area contributed by atoms with Crippen molar-refractivity contribution < 1.29 is 14.7 Å². The molecule has 0 atom stereocenters. The molecule has 2 aromatic carbocycles. The molecule has 1 aliphatic heterocycles. The van der Waals surface area contributed by atoms with Gasteiger partial charge in [-0.05, 0) is 67.6 Å². The van der Waals surface area contributed by atoms with E-state index in [-0.39, 0.29) is 24.7 Å². The number of hydrogen-bond acceptors (Lipinski definition) is 6. The molecule has 33 heavy (non-hydrogen) atoms. The number of nitrogens with two attached hydrogens (primary N) is 1. The highest BCUT2D eigenvalue weighted by atomic mass is 16.4. The second-order valence-corrected chi connectivity index (χ2v) is 7.90. The molecule has 2 amide bonds. The minimum atomic E-state index is -1.10. The Bertz CT molecular complexity index is 1240. The SMILES string of the molecule is NCCCc1ccc2c(c1)N(N(CCCc1ccc3c(=O)[nH]cnc3c1)C(=O)O)CNC2=O. The standard InChI is InChI=1S/C23H26N6O4/c24-9-1-3-16-6-8-18-20(12-16)29(14-27-22(18)31)28(23(32)33)10-2-4-15-5-7-17-19(11-15)25-13-26-21(17)30/h5-8,11-13H,1-4,9-10,14,24H2,(H,27,31)(H,32,33)(H,25,26,30). The van der Waals surface area contributed by atoms with Gasteiger partial charge in [0.2, 0.25) is 0 Å². The van der Waals surface area contributed by atoms with E-state index in [1.807, 2.05) is 24.3 Å². The number of amides is 2. The Morgan fingerprint density at radius 3 is 2.67 bits per heavy atom. The minimum Gasteiger partial charge on any atom is -0.464 e. The summed E-state index contributed by atoms with van der Waals surface area (Å²) in [6, 6.07) is 10.9. The molecule has 0 saturated carbocycles. The van der Waals surface area contributed by atoms with Gasteiger partial charge in [-0.25, -0.2) is 14.8 Å². The van der Waals surface area contributed by atoms with Crippen molar-refractivity contribution >= 4 is 28.6 Å². The molecule has 1 aliphatic rings. The van der Waals surface area contributed by atoms with Gasteiger partial charge in [-0.1, -0.05) is 12.1 Å². The molecule has 5 N–H and O–H groups in total. The van der Waals surface area contributed by atoms with Gasteiger partial charge in [-0.2, -0.15) is 0 Å². The van der Waals surface area contributed by atoms with Crippen LogP contribution in [-0.2, 0) is 12.8 Å². The number of fused-ring (bicyclic) bond motifs is 2. The number of aryl methyl sites for hydroxylation is 2. The van der Waals surface area contributed by atoms with Crippen molar-refractivity contribution in [2.45, 2.75) is 25.7 Å². The third kappa shape index (κ3) is 4.80. The van der Waals surface area contributed by atoms with Crippen molar-refractivity contribution in [3.05, 3.63) is 69.8 Å². The highest BCUT2D eigenvalue weighted by Crippen LogP contribution is 2.27. The van der Waals surface area contributed by atoms with Gasteiger partial charge in [0.1, 0.15) is 6.67 Å². The van der Waals surface area contributed by atoms with Crippen LogP contribution in [0, 0.1) is 0 Å². The van der Waals surface area contributed by atoms with E-state index >= 15 is 0 Å². The third-order valence-corrected chi connectivity index (χ3v) is 5.70. The predicted molar refractivity (Wildman–Crippen MR) is 124 cm³/mol. The zero-order valence-electron chi connectivity index (χ0n) is 18.1. The van der Waals surface area contributed by atoms with Crippen molar-refractivity contribution in [3.8, 4) is 0 Å². The molecule has 0 radical (unpaired) electrons. The topological polar surface area (TPSA) is 145 Å². The van der Waals surface area contributed by atoms with Crippen molar-refractivity contribution in [2.75, 3.05) is 24.8 Å². The third-order valence-electron chi connectivity index (χ3n) is 5.70. The molecular formula is C23H26N6O4. The first-order valence-corrected chi connectivity index (χ1v) is 10.8. The number of carboxylic acid groups (broad SMARTS) is 1. The highest BCUT2D eigenvalue weighted by Gasteiger charge is 2.29. The Balaban J connectivity index is 1.51. The van der Waals surface area contributed by atoms with Crippen molar-refractivity contribution in [1.82, 2.24) is 20.3 Å². The van der Waals surface area contributed by atoms with E-state index in [1.54, 1.807) is 17.1 Å². The minimum absolute atomic E-state index is 0.0706. The summed E-state index contributed by atoms with van der Waals surface area (Å²) < 4.78 is 0. The van der Waals surface area contributed by atoms with E-state index in [0.717, 1.165) is 24.0 Å². The molecule has 172 valence electrons. The van der Waals surface area contributed by atoms with Crippen molar-refractivity contribution in [1.29, 1.82) is 0 Å². The molecule has 10 nitrogen and oxygen atoms in total. The average molecular weight is 450 g/mol. The molecule has 4 rings (SSSR count). The van der Waals surface area contributed by atoms with Crippen LogP contribution in [0.15, 0.2) is 47.5 Å². The van der Waals surface area contributed by atoms with Gasteiger partial charge in [0.25, 0.3) is 11.5 Å². The predicted octanol–water partition coefficient (Wildman–Crippen LogP) is 1.85. The number of carbonyl (C=O) groups excluding carboxylic acids is 1. The summed E-state index contributed by atoms with van der Waals surface area (Å²) in [6.45, 7) is 0.862. The van der Waals surface area contributed by atoms with Gasteiger partial charge in [-0.15, -0.1) is 0 Å². The van der Waals surface area contributed by atoms with Crippen LogP contribution in [0.3, 0.4) is 0 Å². The number of aromatic nitrogens is 2. The van der Waals surface area contributed by atoms with Crippen LogP contribution in [0.2, 0.25) is 0 Å². The zero-order chi connectivity index (χ0) is 23.4. The van der Waals surface area contributed by atoms with E-state index in [9.17, 15) is 19.5 Å². The van der Waals surface area contributed by atoms with Gasteiger partial charge < -0.3 is 21.1 Å². The lowest BCUT2D eigenvalue weighted by Gasteiger charge is -2.38. The van der Waals surface area contributed by atoms with Crippen LogP contribution in [-0.4, -0.2) is 51.8 Å². The maximum absolute atomic E-state index is 12.3. The number of rotatable bonds is 8. The number of benzene rings is 2. The first-order chi connectivity index (χ1) is 16.0. The Morgan fingerprint density at radius 1 is 1.12 bits per heavy atom. The monoisotopic (exact) mass is 450 g/mol. The number of carbonyl (C=O) groups is 2. The summed E-state index contributed by atoms with van der Waals surface area (Å²) >= 11 is 0. The Hall–Kier alpha value is -3.92. The van der Waals surface area contributed by atoms with Crippen LogP contribution in [0.4, 0.5) is 10.5 Å². The summed E-state index contributed by atoms with van der Waals surface area (Å²) in [6.07, 6.45) is 2.98. The molecule has 3 aromatic rings. The quantitative estimate of drug-likeness (QED) is 0.410. The molecule has 1 aromatic heterocycles. The molecule has 0 fully saturated rings. The van der Waals surface area contributed by atoms with Crippen LogP contribution in [0.1, 0.15) is 34.3 Å². The number of nitrogens with one attached hydrogen (secondary N) is 2. The van der Waals surface area contributed by atoms with Crippen LogP contribution in [0.25, 0.3) is 10.9 Å². The average Bonchev–Trinajstić information content (AvgIpc) is 2.81. The Kier molecular flexibility index (Phi) is 6.55. The second kappa shape index (κ2) is 9.70. The fourth-order valence-corrected chi connectivity index (χ4v) is 4.01. The van der Waals surface area contributed by atoms with Gasteiger partial charge in [-0.3, -0.25) is 14.6 Å². The fourth-order valence-electron chi connectivity index (χ4n) is 4.01. The molecular weight excluding hydrogens is 424 g/mol. The normalized spacial score (nSPS) is 13.0. The molecule has 0 aliphatic carbocycles. The maximum Gasteiger partial charge on any atom is 0.426 e. The lowest BCUT2D eigenvalue weighted by Crippen LogP contribution is -2.54. The summed E-state index contributed by atoms with van der Waals surface area (Å²) in [5, 5.41) is 16.0. The number of nitrogens with zero attached hydrogens (tertiary/aromatic N) is 3. The number of H-pyrrole nitrogens is 1. The zero-order valence-corrected chi connectivity index (χ0v) is 18.1. The smallest absolute Gasteiger partial charge is 0.426 e. The van der Waals surface area contributed by atoms with E-state index in [4.69, 9.17) is 5.73 Å². The first kappa shape index (κ1) is 22.3. The number of hydrogen-bond donors (Lipinski definition) is 4. The lowest BCUT2D eigenvalue weighted by molar-refractivity contribution is 0.0920. The maximum atomic E-state index is 12.3. The largest absolute Gasteiger partial charge is 0.464 e. The van der Waals surface area contributed by atoms with Gasteiger partial charge in [0.05, 0.1) is 28.5 Å². The van der Waals surface area contributed by atoms with Crippen LogP contribution < -0.4 is 21.6 Å². The highest BCUT2D eigenvalue weighted by molar-refractivity contribution is 6.01. The molecule has 2 heterocycles. The summed E-state index contributed by atoms with van der Waals surface area (Å²) in [7, 11) is 0. The molecule has 0 unspecified atom stereocenters. The Morgan fingerprint density at radius 2 is 1.88 bits per heavy atom. The van der Waals surface area contributed by atoms with E-state index in [2.05, 4.69) is 15.3 Å². The van der Waals surface area contributed by atoms with E-state index < -0.39 is 6.09 Å². The van der Waals surface area contributed by atoms with Gasteiger partial charge in [0.15, 0.2) is 0 Å².